The van der Waals surface area contributed by atoms with Crippen molar-refractivity contribution in [3.8, 4) is 17.3 Å². The number of carbonyl (C=O) groups excluding carboxylic acids is 2. The van der Waals surface area contributed by atoms with Gasteiger partial charge in [-0.05, 0) is 36.4 Å². The van der Waals surface area contributed by atoms with Gasteiger partial charge in [-0.3, -0.25) is 14.9 Å². The molecule has 11 heteroatoms. The van der Waals surface area contributed by atoms with Crippen LogP contribution in [0.15, 0.2) is 52.2 Å². The molecule has 0 atom stereocenters. The molecule has 2 heterocycles. The highest BCUT2D eigenvalue weighted by atomic mass is 32.2. The van der Waals surface area contributed by atoms with E-state index >= 15 is 0 Å². The van der Waals surface area contributed by atoms with E-state index in [2.05, 4.69) is 20.3 Å². The summed E-state index contributed by atoms with van der Waals surface area (Å²) >= 11 is 1.10. The van der Waals surface area contributed by atoms with Crippen LogP contribution < -0.4 is 10.1 Å². The Hall–Kier alpha value is -3.21. The van der Waals surface area contributed by atoms with Crippen molar-refractivity contribution in [3.05, 3.63) is 48.2 Å². The number of nitrogens with zero attached hydrogens (tertiary/aromatic N) is 3. The lowest BCUT2D eigenvalue weighted by molar-refractivity contribution is -0.117. The van der Waals surface area contributed by atoms with E-state index < -0.39 is 18.4 Å². The number of benzene rings is 1. The average molecular weight is 408 g/mol. The van der Waals surface area contributed by atoms with E-state index in [-0.39, 0.29) is 17.1 Å². The number of rotatable bonds is 7. The number of ether oxygens (including phenoxy) is 1. The largest absolute Gasteiger partial charge is 0.461 e. The second-order valence-electron chi connectivity index (χ2n) is 5.41. The SMILES string of the molecule is Cn1c(SCC(=O)NC(=O)c2ccc(OC(F)F)cc2)nnc1-c1ccco1. The van der Waals surface area contributed by atoms with E-state index in [0.29, 0.717) is 16.7 Å². The van der Waals surface area contributed by atoms with Crippen molar-refractivity contribution in [1.29, 1.82) is 0 Å². The number of imide groups is 1. The molecule has 0 aliphatic carbocycles. The number of hydrogen-bond donors (Lipinski definition) is 1. The molecule has 0 saturated carbocycles. The first-order valence-electron chi connectivity index (χ1n) is 7.89. The first-order chi connectivity index (χ1) is 13.4. The quantitative estimate of drug-likeness (QED) is 0.600. The summed E-state index contributed by atoms with van der Waals surface area (Å²) in [6.07, 6.45) is 1.52. The first kappa shape index (κ1) is 19.5. The highest BCUT2D eigenvalue weighted by Gasteiger charge is 2.16. The Morgan fingerprint density at radius 2 is 2.00 bits per heavy atom. The number of nitrogens with one attached hydrogen (secondary N) is 1. The molecule has 0 bridgehead atoms. The fourth-order valence-electron chi connectivity index (χ4n) is 2.21. The number of amides is 2. The minimum atomic E-state index is -2.95. The van der Waals surface area contributed by atoms with Crippen molar-refractivity contribution in [2.45, 2.75) is 11.8 Å². The maximum Gasteiger partial charge on any atom is 0.387 e. The van der Waals surface area contributed by atoms with Gasteiger partial charge in [-0.2, -0.15) is 8.78 Å². The van der Waals surface area contributed by atoms with Crippen molar-refractivity contribution in [2.75, 3.05) is 5.75 Å². The molecule has 0 aliphatic heterocycles. The van der Waals surface area contributed by atoms with E-state index in [1.54, 1.807) is 23.7 Å². The Kier molecular flexibility index (Phi) is 6.04. The minimum Gasteiger partial charge on any atom is -0.461 e. The molecule has 2 aromatic heterocycles. The number of furan rings is 1. The first-order valence-corrected chi connectivity index (χ1v) is 8.87. The molecule has 3 rings (SSSR count). The zero-order valence-electron chi connectivity index (χ0n) is 14.5. The van der Waals surface area contributed by atoms with Crippen LogP contribution in [0.3, 0.4) is 0 Å². The Balaban J connectivity index is 1.54. The lowest BCUT2D eigenvalue weighted by Crippen LogP contribution is -2.31. The Bertz CT molecular complexity index is 958. The summed E-state index contributed by atoms with van der Waals surface area (Å²) in [5.41, 5.74) is 0.138. The van der Waals surface area contributed by atoms with Crippen LogP contribution in [0.1, 0.15) is 10.4 Å². The smallest absolute Gasteiger partial charge is 0.387 e. The van der Waals surface area contributed by atoms with Gasteiger partial charge in [0.25, 0.3) is 5.91 Å². The highest BCUT2D eigenvalue weighted by molar-refractivity contribution is 7.99. The standard InChI is InChI=1S/C17H14F2N4O4S/c1-23-14(12-3-2-8-26-12)21-22-17(23)28-9-13(24)20-15(25)10-4-6-11(7-5-10)27-16(18)19/h2-8,16H,9H2,1H3,(H,20,24,25). The Labute approximate surface area is 161 Å². The number of halogens is 2. The molecule has 0 saturated heterocycles. The molecule has 2 amide bonds. The molecular weight excluding hydrogens is 394 g/mol. The second kappa shape index (κ2) is 8.65. The zero-order valence-corrected chi connectivity index (χ0v) is 15.3. The predicted octanol–water partition coefficient (Wildman–Crippen LogP) is 2.73. The van der Waals surface area contributed by atoms with E-state index in [0.717, 1.165) is 11.8 Å². The molecular formula is C17H14F2N4O4S. The third kappa shape index (κ3) is 4.74. The molecule has 8 nitrogen and oxygen atoms in total. The minimum absolute atomic E-state index is 0.0670. The molecule has 28 heavy (non-hydrogen) atoms. The summed E-state index contributed by atoms with van der Waals surface area (Å²) in [5, 5.41) is 10.7. The van der Waals surface area contributed by atoms with E-state index in [9.17, 15) is 18.4 Å². The van der Waals surface area contributed by atoms with Gasteiger partial charge < -0.3 is 13.7 Å². The Morgan fingerprint density at radius 3 is 2.64 bits per heavy atom. The zero-order chi connectivity index (χ0) is 20.1. The van der Waals surface area contributed by atoms with Gasteiger partial charge in [0.1, 0.15) is 5.75 Å². The summed E-state index contributed by atoms with van der Waals surface area (Å²) in [6, 6.07) is 8.47. The van der Waals surface area contributed by atoms with Gasteiger partial charge in [-0.15, -0.1) is 10.2 Å². The fraction of sp³-hybridized carbons (Fsp3) is 0.176. The van der Waals surface area contributed by atoms with Crippen LogP contribution in [0, 0.1) is 0 Å². The third-order valence-electron chi connectivity index (χ3n) is 3.50. The molecule has 0 radical (unpaired) electrons. The average Bonchev–Trinajstić information content (AvgIpc) is 3.29. The predicted molar refractivity (Wildman–Crippen MR) is 95.0 cm³/mol. The molecule has 1 N–H and O–H groups in total. The van der Waals surface area contributed by atoms with E-state index in [1.807, 2.05) is 0 Å². The summed E-state index contributed by atoms with van der Waals surface area (Å²) in [7, 11) is 1.73. The van der Waals surface area contributed by atoms with Crippen molar-refractivity contribution >= 4 is 23.6 Å². The lowest BCUT2D eigenvalue weighted by atomic mass is 10.2. The number of aromatic nitrogens is 3. The van der Waals surface area contributed by atoms with Crippen molar-refractivity contribution in [2.24, 2.45) is 7.05 Å². The highest BCUT2D eigenvalue weighted by Crippen LogP contribution is 2.22. The summed E-state index contributed by atoms with van der Waals surface area (Å²) in [4.78, 5) is 24.1. The van der Waals surface area contributed by atoms with Crippen molar-refractivity contribution < 1.29 is 27.5 Å². The molecule has 0 fully saturated rings. The number of thioether (sulfide) groups is 1. The third-order valence-corrected chi connectivity index (χ3v) is 4.52. The summed E-state index contributed by atoms with van der Waals surface area (Å²) in [6.45, 7) is -2.95. The van der Waals surface area contributed by atoms with Gasteiger partial charge in [0.15, 0.2) is 16.7 Å². The van der Waals surface area contributed by atoms with Crippen LogP contribution in [0.25, 0.3) is 11.6 Å². The van der Waals surface area contributed by atoms with Gasteiger partial charge in [0.2, 0.25) is 5.91 Å². The molecule has 0 spiro atoms. The van der Waals surface area contributed by atoms with E-state index in [4.69, 9.17) is 4.42 Å². The Morgan fingerprint density at radius 1 is 1.25 bits per heavy atom. The maximum absolute atomic E-state index is 12.1. The molecule has 1 aromatic carbocycles. The van der Waals surface area contributed by atoms with Crippen LogP contribution in [0.5, 0.6) is 5.75 Å². The number of carbonyl (C=O) groups is 2. The molecule has 0 unspecified atom stereocenters. The summed E-state index contributed by atoms with van der Waals surface area (Å²) < 4.78 is 35.4. The van der Waals surface area contributed by atoms with Crippen LogP contribution in [0.4, 0.5) is 8.78 Å². The number of hydrogen-bond acceptors (Lipinski definition) is 7. The molecule has 0 aliphatic rings. The van der Waals surface area contributed by atoms with Gasteiger partial charge in [0.05, 0.1) is 12.0 Å². The van der Waals surface area contributed by atoms with Crippen molar-refractivity contribution in [3.63, 3.8) is 0 Å². The normalized spacial score (nSPS) is 10.9. The molecule has 146 valence electrons. The van der Waals surface area contributed by atoms with Gasteiger partial charge >= 0.3 is 6.61 Å². The van der Waals surface area contributed by atoms with Gasteiger partial charge in [-0.25, -0.2) is 0 Å². The van der Waals surface area contributed by atoms with Crippen LogP contribution in [-0.2, 0) is 11.8 Å². The lowest BCUT2D eigenvalue weighted by Gasteiger charge is -2.06. The molecule has 3 aromatic rings. The van der Waals surface area contributed by atoms with Crippen LogP contribution in [-0.4, -0.2) is 38.9 Å². The van der Waals surface area contributed by atoms with Crippen LogP contribution >= 0.6 is 11.8 Å². The van der Waals surface area contributed by atoms with Gasteiger partial charge in [-0.1, -0.05) is 11.8 Å². The van der Waals surface area contributed by atoms with Crippen molar-refractivity contribution in [1.82, 2.24) is 20.1 Å². The monoisotopic (exact) mass is 408 g/mol. The summed E-state index contributed by atoms with van der Waals surface area (Å²) in [5.74, 6) is -0.282. The second-order valence-corrected chi connectivity index (χ2v) is 6.35. The van der Waals surface area contributed by atoms with Gasteiger partial charge in [0, 0.05) is 12.6 Å². The van der Waals surface area contributed by atoms with Crippen LogP contribution in [0.2, 0.25) is 0 Å². The number of alkyl halides is 2. The maximum atomic E-state index is 12.1. The topological polar surface area (TPSA) is 99.2 Å². The van der Waals surface area contributed by atoms with E-state index in [1.165, 1.54) is 30.5 Å². The fourth-order valence-corrected chi connectivity index (χ4v) is 2.92.